The molecule has 2 rings (SSSR count). The van der Waals surface area contributed by atoms with Gasteiger partial charge in [0.15, 0.2) is 0 Å². The lowest BCUT2D eigenvalue weighted by molar-refractivity contribution is 0.636. The molecule has 1 unspecified atom stereocenters. The van der Waals surface area contributed by atoms with Gasteiger partial charge in [-0.3, -0.25) is 0 Å². The molecule has 0 aliphatic carbocycles. The first-order valence-corrected chi connectivity index (χ1v) is 8.68. The number of rotatable bonds is 4. The van der Waals surface area contributed by atoms with E-state index in [1.54, 1.807) is 11.3 Å². The Hall–Kier alpha value is -0.160. The molecule has 0 aliphatic heterocycles. The molecule has 0 saturated carbocycles. The summed E-state index contributed by atoms with van der Waals surface area (Å²) in [6.07, 6.45) is 0. The molecule has 0 amide bonds. The zero-order chi connectivity index (χ0) is 14.0. The van der Waals surface area contributed by atoms with Crippen molar-refractivity contribution < 1.29 is 0 Å². The van der Waals surface area contributed by atoms with E-state index in [0.717, 1.165) is 14.8 Å². The molecule has 4 heteroatoms. The van der Waals surface area contributed by atoms with Gasteiger partial charge in [-0.05, 0) is 69.4 Å². The minimum Gasteiger partial charge on any atom is -0.306 e. The molecule has 0 fully saturated rings. The topological polar surface area (TPSA) is 12.0 Å². The van der Waals surface area contributed by atoms with Gasteiger partial charge >= 0.3 is 0 Å². The van der Waals surface area contributed by atoms with E-state index < -0.39 is 0 Å². The first-order chi connectivity index (χ1) is 9.02. The molecule has 102 valence electrons. The van der Waals surface area contributed by atoms with Crippen molar-refractivity contribution in [3.8, 4) is 0 Å². The summed E-state index contributed by atoms with van der Waals surface area (Å²) in [5.41, 5.74) is 4.00. The lowest BCUT2D eigenvalue weighted by atomic mass is 9.98. The van der Waals surface area contributed by atoms with Gasteiger partial charge in [0.1, 0.15) is 0 Å². The third-order valence-electron chi connectivity index (χ3n) is 3.10. The van der Waals surface area contributed by atoms with Gasteiger partial charge in [0.2, 0.25) is 0 Å². The van der Waals surface area contributed by atoms with Crippen molar-refractivity contribution in [2.75, 3.05) is 6.54 Å². The van der Waals surface area contributed by atoms with Gasteiger partial charge in [0.05, 0.1) is 9.83 Å². The molecule has 0 spiro atoms. The Kier molecular flexibility index (Phi) is 5.23. The second kappa shape index (κ2) is 6.53. The van der Waals surface area contributed by atoms with Gasteiger partial charge in [-0.25, -0.2) is 0 Å². The summed E-state index contributed by atoms with van der Waals surface area (Å²) in [7, 11) is 0. The Labute approximate surface area is 135 Å². The average molecular weight is 403 g/mol. The fourth-order valence-electron chi connectivity index (χ4n) is 2.14. The van der Waals surface area contributed by atoms with E-state index in [1.165, 1.54) is 21.6 Å². The maximum absolute atomic E-state index is 3.59. The zero-order valence-electron chi connectivity index (χ0n) is 11.3. The second-order valence-electron chi connectivity index (χ2n) is 4.62. The maximum Gasteiger partial charge on any atom is 0.0843 e. The molecule has 1 aromatic carbocycles. The fourth-order valence-corrected chi connectivity index (χ4v) is 4.33. The van der Waals surface area contributed by atoms with Crippen LogP contribution in [0.4, 0.5) is 0 Å². The van der Waals surface area contributed by atoms with Crippen molar-refractivity contribution in [1.82, 2.24) is 5.32 Å². The van der Waals surface area contributed by atoms with Gasteiger partial charge < -0.3 is 5.32 Å². The van der Waals surface area contributed by atoms with Gasteiger partial charge in [0, 0.05) is 9.35 Å². The fraction of sp³-hybridized carbons (Fsp3) is 0.333. The van der Waals surface area contributed by atoms with Crippen LogP contribution in [-0.2, 0) is 0 Å². The number of thiophene rings is 1. The highest BCUT2D eigenvalue weighted by Crippen LogP contribution is 2.38. The van der Waals surface area contributed by atoms with E-state index in [-0.39, 0.29) is 6.04 Å². The average Bonchev–Trinajstić information content (AvgIpc) is 2.70. The second-order valence-corrected chi connectivity index (χ2v) is 7.88. The number of halogens is 2. The van der Waals surface area contributed by atoms with Gasteiger partial charge in [-0.15, -0.1) is 11.3 Å². The van der Waals surface area contributed by atoms with Crippen LogP contribution < -0.4 is 5.32 Å². The summed E-state index contributed by atoms with van der Waals surface area (Å²) in [6.45, 7) is 7.42. The van der Waals surface area contributed by atoms with Crippen molar-refractivity contribution in [3.63, 3.8) is 0 Å². The van der Waals surface area contributed by atoms with E-state index in [2.05, 4.69) is 82.2 Å². The minimum absolute atomic E-state index is 0.262. The van der Waals surface area contributed by atoms with Crippen LogP contribution in [0.15, 0.2) is 32.5 Å². The lowest BCUT2D eigenvalue weighted by Crippen LogP contribution is -2.22. The molecule has 1 N–H and O–H groups in total. The largest absolute Gasteiger partial charge is 0.306 e. The van der Waals surface area contributed by atoms with Crippen molar-refractivity contribution in [3.05, 3.63) is 54.1 Å². The molecule has 0 radical (unpaired) electrons. The first kappa shape index (κ1) is 15.2. The monoisotopic (exact) mass is 401 g/mol. The molecular formula is C15H17Br2NS. The van der Waals surface area contributed by atoms with Crippen LogP contribution in [0.5, 0.6) is 0 Å². The number of nitrogens with one attached hydrogen (secondary N) is 1. The van der Waals surface area contributed by atoms with Gasteiger partial charge in [0.25, 0.3) is 0 Å². The predicted molar refractivity (Wildman–Crippen MR) is 91.2 cm³/mol. The van der Waals surface area contributed by atoms with Crippen molar-refractivity contribution >= 4 is 43.2 Å². The van der Waals surface area contributed by atoms with Gasteiger partial charge in [-0.2, -0.15) is 0 Å². The minimum atomic E-state index is 0.262. The molecular weight excluding hydrogens is 386 g/mol. The number of hydrogen-bond donors (Lipinski definition) is 1. The van der Waals surface area contributed by atoms with Crippen molar-refractivity contribution in [1.29, 1.82) is 0 Å². The predicted octanol–water partition coefficient (Wildman–Crippen LogP) is 5.59. The molecule has 0 saturated heterocycles. The Bertz CT molecular complexity index is 558. The first-order valence-electron chi connectivity index (χ1n) is 6.28. The zero-order valence-corrected chi connectivity index (χ0v) is 15.2. The smallest absolute Gasteiger partial charge is 0.0843 e. The highest BCUT2D eigenvalue weighted by atomic mass is 79.9. The Morgan fingerprint density at radius 3 is 2.53 bits per heavy atom. The number of hydrogen-bond acceptors (Lipinski definition) is 2. The Balaban J connectivity index is 2.47. The standard InChI is InChI=1S/C15H17Br2NS/c1-4-18-14(13-8-12(16)15(17)19-13)11-7-9(2)5-6-10(11)3/h5-8,14,18H,4H2,1-3H3. The van der Waals surface area contributed by atoms with Crippen LogP contribution in [0, 0.1) is 13.8 Å². The SMILES string of the molecule is CCNC(c1cc(Br)c(Br)s1)c1cc(C)ccc1C. The summed E-state index contributed by atoms with van der Waals surface area (Å²) < 4.78 is 2.27. The molecule has 0 bridgehead atoms. The van der Waals surface area contributed by atoms with Crippen molar-refractivity contribution in [2.24, 2.45) is 0 Å². The Morgan fingerprint density at radius 2 is 1.95 bits per heavy atom. The van der Waals surface area contributed by atoms with Crippen LogP contribution in [-0.4, -0.2) is 6.54 Å². The Morgan fingerprint density at radius 1 is 1.21 bits per heavy atom. The number of benzene rings is 1. The van der Waals surface area contributed by atoms with Crippen molar-refractivity contribution in [2.45, 2.75) is 26.8 Å². The normalized spacial score (nSPS) is 12.7. The van der Waals surface area contributed by atoms with Crippen LogP contribution >= 0.6 is 43.2 Å². The summed E-state index contributed by atoms with van der Waals surface area (Å²) in [4.78, 5) is 1.33. The van der Waals surface area contributed by atoms with Crippen LogP contribution in [0.3, 0.4) is 0 Å². The quantitative estimate of drug-likeness (QED) is 0.702. The molecule has 2 aromatic rings. The van der Waals surface area contributed by atoms with Gasteiger partial charge in [-0.1, -0.05) is 30.7 Å². The maximum atomic E-state index is 3.59. The van der Waals surface area contributed by atoms with E-state index in [1.807, 2.05) is 0 Å². The van der Waals surface area contributed by atoms with Crippen LogP contribution in [0.25, 0.3) is 0 Å². The molecule has 1 heterocycles. The van der Waals surface area contributed by atoms with Crippen LogP contribution in [0.2, 0.25) is 0 Å². The summed E-state index contributed by atoms with van der Waals surface area (Å²) >= 11 is 8.94. The van der Waals surface area contributed by atoms with E-state index in [0.29, 0.717) is 0 Å². The number of aryl methyl sites for hydroxylation is 2. The molecule has 1 aromatic heterocycles. The summed E-state index contributed by atoms with van der Waals surface area (Å²) in [5.74, 6) is 0. The third-order valence-corrected chi connectivity index (χ3v) is 6.42. The molecule has 0 aliphatic rings. The molecule has 1 atom stereocenters. The lowest BCUT2D eigenvalue weighted by Gasteiger charge is -2.19. The van der Waals surface area contributed by atoms with E-state index >= 15 is 0 Å². The molecule has 19 heavy (non-hydrogen) atoms. The third kappa shape index (κ3) is 3.48. The summed E-state index contributed by atoms with van der Waals surface area (Å²) in [5, 5.41) is 3.59. The summed E-state index contributed by atoms with van der Waals surface area (Å²) in [6, 6.07) is 9.11. The van der Waals surface area contributed by atoms with Crippen LogP contribution in [0.1, 0.15) is 34.5 Å². The van der Waals surface area contributed by atoms with E-state index in [9.17, 15) is 0 Å². The highest BCUT2D eigenvalue weighted by Gasteiger charge is 2.18. The highest BCUT2D eigenvalue weighted by molar-refractivity contribution is 9.13. The van der Waals surface area contributed by atoms with E-state index in [4.69, 9.17) is 0 Å². The molecule has 1 nitrogen and oxygen atoms in total.